The first-order chi connectivity index (χ1) is 11.7. The largest absolute Gasteiger partial charge is 0.463 e. The summed E-state index contributed by atoms with van der Waals surface area (Å²) in [5.41, 5.74) is 0.231. The lowest BCUT2D eigenvalue weighted by molar-refractivity contribution is -0.122. The van der Waals surface area contributed by atoms with Crippen LogP contribution in [0.15, 0.2) is 51.9 Å². The Morgan fingerprint density at radius 2 is 2.21 bits per heavy atom. The summed E-state index contributed by atoms with van der Waals surface area (Å²) < 4.78 is 6.45. The Labute approximate surface area is 139 Å². The quantitative estimate of drug-likeness (QED) is 0.851. The molecular weight excluding hydrogens is 306 g/mol. The van der Waals surface area contributed by atoms with E-state index in [1.165, 1.54) is 17.2 Å². The Hall–Kier alpha value is -2.63. The highest BCUT2D eigenvalue weighted by atomic mass is 16.3. The van der Waals surface area contributed by atoms with E-state index >= 15 is 0 Å². The Bertz CT molecular complexity index is 822. The Balaban J connectivity index is 1.39. The van der Waals surface area contributed by atoms with Gasteiger partial charge in [-0.1, -0.05) is 12.2 Å². The predicted octanol–water partition coefficient (Wildman–Crippen LogP) is 1.83. The van der Waals surface area contributed by atoms with Gasteiger partial charge in [-0.2, -0.15) is 5.10 Å². The van der Waals surface area contributed by atoms with Crippen LogP contribution in [0.1, 0.15) is 12.8 Å². The monoisotopic (exact) mass is 325 g/mol. The van der Waals surface area contributed by atoms with Crippen molar-refractivity contribution in [1.29, 1.82) is 0 Å². The fraction of sp³-hybridized carbons (Fsp3) is 0.389. The van der Waals surface area contributed by atoms with Gasteiger partial charge in [-0.15, -0.1) is 0 Å². The molecule has 0 aliphatic heterocycles. The van der Waals surface area contributed by atoms with Crippen molar-refractivity contribution in [3.8, 4) is 11.5 Å². The number of nitrogens with zero attached hydrogens (tertiary/aromatic N) is 2. The molecule has 1 amide bonds. The van der Waals surface area contributed by atoms with Gasteiger partial charge in [-0.05, 0) is 48.8 Å². The number of hydrogen-bond acceptors (Lipinski definition) is 4. The van der Waals surface area contributed by atoms with Gasteiger partial charge < -0.3 is 9.73 Å². The number of carbonyl (C=O) groups excluding carboxylic acids is 1. The molecule has 0 saturated heterocycles. The third-order valence-electron chi connectivity index (χ3n) is 4.91. The van der Waals surface area contributed by atoms with E-state index in [0.717, 1.165) is 6.42 Å². The molecule has 0 aromatic carbocycles. The van der Waals surface area contributed by atoms with Gasteiger partial charge in [-0.25, -0.2) is 4.68 Å². The lowest BCUT2D eigenvalue weighted by atomic mass is 9.94. The first-order valence-corrected chi connectivity index (χ1v) is 8.26. The Kier molecular flexibility index (Phi) is 3.80. The van der Waals surface area contributed by atoms with Crippen LogP contribution in [-0.2, 0) is 11.3 Å². The highest BCUT2D eigenvalue weighted by Crippen LogP contribution is 2.42. The van der Waals surface area contributed by atoms with Crippen molar-refractivity contribution in [3.63, 3.8) is 0 Å². The fourth-order valence-corrected chi connectivity index (χ4v) is 3.68. The molecule has 2 aliphatic carbocycles. The number of allylic oxidation sites excluding steroid dienone is 2. The maximum absolute atomic E-state index is 12.2. The zero-order valence-corrected chi connectivity index (χ0v) is 13.2. The van der Waals surface area contributed by atoms with Crippen LogP contribution in [0.5, 0.6) is 0 Å². The second-order valence-electron chi connectivity index (χ2n) is 6.54. The minimum Gasteiger partial charge on any atom is -0.463 e. The van der Waals surface area contributed by atoms with Crippen LogP contribution in [0.4, 0.5) is 0 Å². The molecule has 1 fully saturated rings. The zero-order valence-electron chi connectivity index (χ0n) is 13.2. The van der Waals surface area contributed by atoms with Crippen molar-refractivity contribution in [1.82, 2.24) is 15.1 Å². The number of amides is 1. The van der Waals surface area contributed by atoms with E-state index in [1.54, 1.807) is 24.5 Å². The van der Waals surface area contributed by atoms with Crippen molar-refractivity contribution in [2.24, 2.45) is 17.8 Å². The van der Waals surface area contributed by atoms with Crippen LogP contribution in [0.3, 0.4) is 0 Å². The maximum atomic E-state index is 12.2. The van der Waals surface area contributed by atoms with Crippen molar-refractivity contribution >= 4 is 5.91 Å². The van der Waals surface area contributed by atoms with E-state index in [4.69, 9.17) is 4.42 Å². The molecule has 2 aliphatic rings. The molecule has 1 N–H and O–H groups in total. The summed E-state index contributed by atoms with van der Waals surface area (Å²) in [4.78, 5) is 24.1. The van der Waals surface area contributed by atoms with Crippen molar-refractivity contribution in [3.05, 3.63) is 53.0 Å². The van der Waals surface area contributed by atoms with Crippen LogP contribution in [0, 0.1) is 17.8 Å². The van der Waals surface area contributed by atoms with Gasteiger partial charge in [0, 0.05) is 12.6 Å². The molecule has 2 heterocycles. The molecule has 2 aromatic rings. The van der Waals surface area contributed by atoms with Crippen LogP contribution >= 0.6 is 0 Å². The molecule has 6 heteroatoms. The summed E-state index contributed by atoms with van der Waals surface area (Å²) >= 11 is 0. The second kappa shape index (κ2) is 6.11. The molecule has 24 heavy (non-hydrogen) atoms. The Morgan fingerprint density at radius 3 is 2.92 bits per heavy atom. The molecule has 1 saturated carbocycles. The molecular formula is C18H19N3O3. The van der Waals surface area contributed by atoms with Gasteiger partial charge in [0.25, 0.3) is 5.56 Å². The van der Waals surface area contributed by atoms with Gasteiger partial charge >= 0.3 is 0 Å². The number of carbonyl (C=O) groups is 1. The van der Waals surface area contributed by atoms with E-state index in [9.17, 15) is 9.59 Å². The summed E-state index contributed by atoms with van der Waals surface area (Å²) in [6, 6.07) is 6.51. The van der Waals surface area contributed by atoms with Crippen molar-refractivity contribution in [2.75, 3.05) is 6.54 Å². The first kappa shape index (κ1) is 14.9. The molecule has 0 unspecified atom stereocenters. The zero-order chi connectivity index (χ0) is 16.5. The number of nitrogens with one attached hydrogen (secondary N) is 1. The highest BCUT2D eigenvalue weighted by Gasteiger charge is 2.35. The molecule has 0 radical (unpaired) electrons. The minimum atomic E-state index is -0.302. The third-order valence-corrected chi connectivity index (χ3v) is 4.91. The van der Waals surface area contributed by atoms with Gasteiger partial charge in [-0.3, -0.25) is 9.59 Å². The summed E-state index contributed by atoms with van der Waals surface area (Å²) in [5, 5.41) is 7.15. The van der Waals surface area contributed by atoms with Crippen LogP contribution in [-0.4, -0.2) is 22.2 Å². The SMILES string of the molecule is O=C(Cn1nc(-c2ccco2)ccc1=O)NC[C@H]1C[C@H]2C=C[C@@H]1C2. The van der Waals surface area contributed by atoms with E-state index in [0.29, 0.717) is 35.8 Å². The van der Waals surface area contributed by atoms with Gasteiger partial charge in [0.1, 0.15) is 12.2 Å². The maximum Gasteiger partial charge on any atom is 0.267 e. The predicted molar refractivity (Wildman–Crippen MR) is 88.1 cm³/mol. The normalized spacial score (nSPS) is 24.4. The van der Waals surface area contributed by atoms with Gasteiger partial charge in [0.2, 0.25) is 5.91 Å². The molecule has 0 spiro atoms. The van der Waals surface area contributed by atoms with Gasteiger partial charge in [0.05, 0.1) is 6.26 Å². The molecule has 124 valence electrons. The molecule has 4 rings (SSSR count). The fourth-order valence-electron chi connectivity index (χ4n) is 3.68. The van der Waals surface area contributed by atoms with Crippen molar-refractivity contribution < 1.29 is 9.21 Å². The number of aromatic nitrogens is 2. The number of fused-ring (bicyclic) bond motifs is 2. The Morgan fingerprint density at radius 1 is 1.29 bits per heavy atom. The molecule has 6 nitrogen and oxygen atoms in total. The van der Waals surface area contributed by atoms with E-state index < -0.39 is 0 Å². The minimum absolute atomic E-state index is 0.0793. The number of hydrogen-bond donors (Lipinski definition) is 1. The van der Waals surface area contributed by atoms with Crippen LogP contribution in [0.25, 0.3) is 11.5 Å². The molecule has 2 aromatic heterocycles. The number of rotatable bonds is 5. The van der Waals surface area contributed by atoms with Crippen LogP contribution < -0.4 is 10.9 Å². The van der Waals surface area contributed by atoms with E-state index in [-0.39, 0.29) is 18.0 Å². The van der Waals surface area contributed by atoms with E-state index in [1.807, 2.05) is 0 Å². The summed E-state index contributed by atoms with van der Waals surface area (Å²) in [7, 11) is 0. The second-order valence-corrected chi connectivity index (χ2v) is 6.54. The van der Waals surface area contributed by atoms with Gasteiger partial charge in [0.15, 0.2) is 5.76 Å². The topological polar surface area (TPSA) is 77.1 Å². The summed E-state index contributed by atoms with van der Waals surface area (Å²) in [6.07, 6.45) is 8.46. The standard InChI is InChI=1S/C18H19N3O3/c22-17(19-10-14-9-12-3-4-13(14)8-12)11-21-18(23)6-5-15(20-21)16-2-1-7-24-16/h1-7,12-14H,8-11H2,(H,19,22)/t12-,13+,14+/m0/s1. The van der Waals surface area contributed by atoms with Crippen molar-refractivity contribution in [2.45, 2.75) is 19.4 Å². The average Bonchev–Trinajstić information content (AvgIpc) is 3.32. The average molecular weight is 325 g/mol. The molecule has 2 bridgehead atoms. The lowest BCUT2D eigenvalue weighted by Crippen LogP contribution is -2.36. The van der Waals surface area contributed by atoms with Crippen LogP contribution in [0.2, 0.25) is 0 Å². The molecule has 3 atom stereocenters. The lowest BCUT2D eigenvalue weighted by Gasteiger charge is -2.18. The van der Waals surface area contributed by atoms with E-state index in [2.05, 4.69) is 22.6 Å². The smallest absolute Gasteiger partial charge is 0.267 e. The third kappa shape index (κ3) is 2.91. The highest BCUT2D eigenvalue weighted by molar-refractivity contribution is 5.75. The summed E-state index contributed by atoms with van der Waals surface area (Å²) in [6.45, 7) is 0.584. The number of furan rings is 1. The first-order valence-electron chi connectivity index (χ1n) is 8.26. The summed E-state index contributed by atoms with van der Waals surface area (Å²) in [5.74, 6) is 2.18.